The molecule has 4 nitrogen and oxygen atoms in total. The van der Waals surface area contributed by atoms with Crippen LogP contribution in [0.5, 0.6) is 0 Å². The number of aryl methyl sites for hydroxylation is 1. The molecule has 2 aliphatic rings. The molecule has 138 valence electrons. The number of hydrogen-bond acceptors (Lipinski definition) is 3. The van der Waals surface area contributed by atoms with Gasteiger partial charge in [-0.25, -0.2) is 9.67 Å². The molecule has 27 heavy (non-hydrogen) atoms. The molecule has 3 heterocycles. The quantitative estimate of drug-likeness (QED) is 0.689. The highest BCUT2D eigenvalue weighted by Crippen LogP contribution is 2.43. The number of piperidine rings is 1. The van der Waals surface area contributed by atoms with E-state index in [1.165, 1.54) is 42.4 Å². The van der Waals surface area contributed by atoms with E-state index < -0.39 is 0 Å². The van der Waals surface area contributed by atoms with E-state index >= 15 is 0 Å². The van der Waals surface area contributed by atoms with Crippen molar-refractivity contribution >= 4 is 0 Å². The van der Waals surface area contributed by atoms with Crippen molar-refractivity contribution in [1.29, 1.82) is 0 Å². The van der Waals surface area contributed by atoms with Gasteiger partial charge in [-0.2, -0.15) is 5.10 Å². The van der Waals surface area contributed by atoms with Crippen molar-refractivity contribution in [3.63, 3.8) is 0 Å². The van der Waals surface area contributed by atoms with Gasteiger partial charge in [0.2, 0.25) is 0 Å². The summed E-state index contributed by atoms with van der Waals surface area (Å²) in [6, 6.07) is 19.3. The minimum Gasteiger partial charge on any atom is -0.293 e. The van der Waals surface area contributed by atoms with Gasteiger partial charge in [-0.05, 0) is 61.3 Å². The fourth-order valence-corrected chi connectivity index (χ4v) is 5.15. The van der Waals surface area contributed by atoms with Crippen molar-refractivity contribution in [3.8, 4) is 5.69 Å². The zero-order valence-corrected chi connectivity index (χ0v) is 15.8. The Hall–Kier alpha value is -2.46. The lowest BCUT2D eigenvalue weighted by atomic mass is 9.85. The zero-order valence-electron chi connectivity index (χ0n) is 15.8. The first kappa shape index (κ1) is 16.7. The molecule has 2 bridgehead atoms. The monoisotopic (exact) mass is 358 g/mol. The summed E-state index contributed by atoms with van der Waals surface area (Å²) in [4.78, 5) is 6.83. The van der Waals surface area contributed by atoms with Crippen molar-refractivity contribution in [1.82, 2.24) is 19.7 Å². The Morgan fingerprint density at radius 3 is 2.44 bits per heavy atom. The van der Waals surface area contributed by atoms with Crippen LogP contribution in [0, 0.1) is 6.92 Å². The van der Waals surface area contributed by atoms with Crippen LogP contribution in [-0.2, 0) is 6.54 Å². The molecule has 0 spiro atoms. The van der Waals surface area contributed by atoms with E-state index in [4.69, 9.17) is 0 Å². The Kier molecular flexibility index (Phi) is 4.29. The van der Waals surface area contributed by atoms with Crippen LogP contribution < -0.4 is 0 Å². The van der Waals surface area contributed by atoms with Crippen molar-refractivity contribution in [2.45, 2.75) is 57.2 Å². The zero-order chi connectivity index (χ0) is 18.2. The van der Waals surface area contributed by atoms with Crippen molar-refractivity contribution in [3.05, 3.63) is 77.9 Å². The fourth-order valence-electron chi connectivity index (χ4n) is 5.15. The molecule has 2 aromatic carbocycles. The SMILES string of the molecule is Cc1cc(CN2[C@@H]3CC[C@H]2CC(c2ccccc2)C3)ccc1-n1cncn1. The van der Waals surface area contributed by atoms with Crippen LogP contribution in [-0.4, -0.2) is 31.7 Å². The minimum absolute atomic E-state index is 0.726. The number of hydrogen-bond donors (Lipinski definition) is 0. The van der Waals surface area contributed by atoms with Gasteiger partial charge in [-0.3, -0.25) is 4.90 Å². The average Bonchev–Trinajstić information content (AvgIpc) is 3.29. The second kappa shape index (κ2) is 6.93. The standard InChI is InChI=1S/C23H26N4/c1-17-11-18(7-10-23(17)27-16-24-15-25-27)14-26-21-8-9-22(26)13-20(12-21)19-5-3-2-4-6-19/h2-7,10-11,15-16,20-22H,8-9,12-14H2,1H3/t20?,21-,22+. The van der Waals surface area contributed by atoms with Gasteiger partial charge < -0.3 is 0 Å². The Balaban J connectivity index is 1.32. The smallest absolute Gasteiger partial charge is 0.138 e. The highest BCUT2D eigenvalue weighted by Gasteiger charge is 2.40. The summed E-state index contributed by atoms with van der Waals surface area (Å²) in [6.45, 7) is 3.23. The van der Waals surface area contributed by atoms with Gasteiger partial charge in [0.25, 0.3) is 0 Å². The maximum Gasteiger partial charge on any atom is 0.138 e. The van der Waals surface area contributed by atoms with E-state index in [0.717, 1.165) is 30.2 Å². The Bertz CT molecular complexity index is 889. The molecule has 3 atom stereocenters. The second-order valence-electron chi connectivity index (χ2n) is 8.10. The molecule has 0 N–H and O–H groups in total. The van der Waals surface area contributed by atoms with E-state index in [-0.39, 0.29) is 0 Å². The second-order valence-corrected chi connectivity index (χ2v) is 8.10. The van der Waals surface area contributed by atoms with Crippen LogP contribution in [0.4, 0.5) is 0 Å². The molecular formula is C23H26N4. The summed E-state index contributed by atoms with van der Waals surface area (Å²) in [5.41, 5.74) is 5.31. The van der Waals surface area contributed by atoms with Crippen molar-refractivity contribution in [2.24, 2.45) is 0 Å². The van der Waals surface area contributed by atoms with Crippen LogP contribution in [0.1, 0.15) is 48.3 Å². The number of benzene rings is 2. The predicted octanol–water partition coefficient (Wildman–Crippen LogP) is 4.49. The van der Waals surface area contributed by atoms with Crippen molar-refractivity contribution in [2.75, 3.05) is 0 Å². The van der Waals surface area contributed by atoms with Crippen molar-refractivity contribution < 1.29 is 0 Å². The number of nitrogens with zero attached hydrogens (tertiary/aromatic N) is 4. The average molecular weight is 358 g/mol. The van der Waals surface area contributed by atoms with Crippen LogP contribution in [0.15, 0.2) is 61.2 Å². The molecule has 1 unspecified atom stereocenters. The van der Waals surface area contributed by atoms with Gasteiger partial charge in [0, 0.05) is 18.6 Å². The number of fused-ring (bicyclic) bond motifs is 2. The van der Waals surface area contributed by atoms with E-state index in [1.54, 1.807) is 12.7 Å². The van der Waals surface area contributed by atoms with Crippen LogP contribution in [0.2, 0.25) is 0 Å². The van der Waals surface area contributed by atoms with E-state index in [0.29, 0.717) is 0 Å². The largest absolute Gasteiger partial charge is 0.293 e. The summed E-state index contributed by atoms with van der Waals surface area (Å²) in [5.74, 6) is 0.733. The molecule has 0 saturated carbocycles. The summed E-state index contributed by atoms with van der Waals surface area (Å²) in [5, 5.41) is 4.26. The Morgan fingerprint density at radius 2 is 1.78 bits per heavy atom. The summed E-state index contributed by atoms with van der Waals surface area (Å²) < 4.78 is 1.84. The molecule has 1 aromatic heterocycles. The molecule has 0 radical (unpaired) electrons. The van der Waals surface area contributed by atoms with E-state index in [2.05, 4.69) is 70.4 Å². The first-order valence-electron chi connectivity index (χ1n) is 10.0. The lowest BCUT2D eigenvalue weighted by Gasteiger charge is -2.39. The molecule has 0 aliphatic carbocycles. The first-order valence-corrected chi connectivity index (χ1v) is 10.0. The molecule has 3 aromatic rings. The highest BCUT2D eigenvalue weighted by molar-refractivity contribution is 5.42. The topological polar surface area (TPSA) is 34.0 Å². The van der Waals surface area contributed by atoms with E-state index in [1.807, 2.05) is 4.68 Å². The third-order valence-electron chi connectivity index (χ3n) is 6.45. The molecule has 0 amide bonds. The summed E-state index contributed by atoms with van der Waals surface area (Å²) >= 11 is 0. The third kappa shape index (κ3) is 3.19. The lowest BCUT2D eigenvalue weighted by molar-refractivity contribution is 0.118. The highest BCUT2D eigenvalue weighted by atomic mass is 15.3. The van der Waals surface area contributed by atoms with Crippen LogP contribution >= 0.6 is 0 Å². The van der Waals surface area contributed by atoms with Gasteiger partial charge in [0.15, 0.2) is 0 Å². The molecule has 2 fully saturated rings. The van der Waals surface area contributed by atoms with Gasteiger partial charge in [0.05, 0.1) is 5.69 Å². The summed E-state index contributed by atoms with van der Waals surface area (Å²) in [6.07, 6.45) is 8.65. The Morgan fingerprint density at radius 1 is 1.00 bits per heavy atom. The van der Waals surface area contributed by atoms with Gasteiger partial charge in [0.1, 0.15) is 12.7 Å². The normalized spacial score (nSPS) is 25.0. The molecule has 2 saturated heterocycles. The predicted molar refractivity (Wildman–Crippen MR) is 107 cm³/mol. The maximum atomic E-state index is 4.26. The van der Waals surface area contributed by atoms with Crippen LogP contribution in [0.3, 0.4) is 0 Å². The van der Waals surface area contributed by atoms with Gasteiger partial charge >= 0.3 is 0 Å². The molecule has 4 heteroatoms. The molecule has 2 aliphatic heterocycles. The maximum absolute atomic E-state index is 4.26. The molecule has 5 rings (SSSR count). The lowest BCUT2D eigenvalue weighted by Crippen LogP contribution is -2.41. The van der Waals surface area contributed by atoms with E-state index in [9.17, 15) is 0 Å². The Labute approximate surface area is 160 Å². The fraction of sp³-hybridized carbons (Fsp3) is 0.391. The van der Waals surface area contributed by atoms with Crippen LogP contribution in [0.25, 0.3) is 5.69 Å². The first-order chi connectivity index (χ1) is 13.3. The van der Waals surface area contributed by atoms with Gasteiger partial charge in [-0.15, -0.1) is 0 Å². The number of rotatable bonds is 4. The molecular weight excluding hydrogens is 332 g/mol. The minimum atomic E-state index is 0.726. The summed E-state index contributed by atoms with van der Waals surface area (Å²) in [7, 11) is 0. The van der Waals surface area contributed by atoms with Gasteiger partial charge in [-0.1, -0.05) is 42.5 Å². The third-order valence-corrected chi connectivity index (χ3v) is 6.45. The number of aromatic nitrogens is 3.